The minimum Gasteiger partial charge on any atom is -0.495 e. The van der Waals surface area contributed by atoms with E-state index in [-0.39, 0.29) is 4.21 Å². The standard InChI is InChI=1S/C11H13N3O3S2/c1-7-13-6-11(18-7)19(15,16)14-9-5-8(12)3-4-10(9)17-2/h3-6,14H,12H2,1-2H3. The van der Waals surface area contributed by atoms with E-state index in [4.69, 9.17) is 10.5 Å². The van der Waals surface area contributed by atoms with Gasteiger partial charge in [-0.2, -0.15) is 0 Å². The van der Waals surface area contributed by atoms with Crippen molar-refractivity contribution in [2.45, 2.75) is 11.1 Å². The largest absolute Gasteiger partial charge is 0.495 e. The Bertz CT molecular complexity index is 695. The maximum Gasteiger partial charge on any atom is 0.273 e. The Balaban J connectivity index is 2.38. The van der Waals surface area contributed by atoms with Crippen LogP contribution in [-0.2, 0) is 10.0 Å². The lowest BCUT2D eigenvalue weighted by Gasteiger charge is -2.11. The van der Waals surface area contributed by atoms with E-state index < -0.39 is 10.0 Å². The van der Waals surface area contributed by atoms with Crippen LogP contribution in [0.3, 0.4) is 0 Å². The molecule has 0 aliphatic heterocycles. The van der Waals surface area contributed by atoms with Crippen LogP contribution in [0.1, 0.15) is 5.01 Å². The predicted octanol–water partition coefficient (Wildman–Crippen LogP) is 1.84. The van der Waals surface area contributed by atoms with Crippen molar-refractivity contribution in [2.24, 2.45) is 0 Å². The average molecular weight is 299 g/mol. The molecular weight excluding hydrogens is 286 g/mol. The molecule has 0 atom stereocenters. The molecule has 0 aliphatic rings. The second-order valence-electron chi connectivity index (χ2n) is 3.76. The third kappa shape index (κ3) is 2.96. The van der Waals surface area contributed by atoms with Gasteiger partial charge in [0, 0.05) is 5.69 Å². The molecule has 0 fully saturated rings. The summed E-state index contributed by atoms with van der Waals surface area (Å²) in [4.78, 5) is 3.93. The molecule has 0 unspecified atom stereocenters. The number of rotatable bonds is 4. The maximum atomic E-state index is 12.2. The van der Waals surface area contributed by atoms with Crippen molar-refractivity contribution in [2.75, 3.05) is 17.6 Å². The third-order valence-corrected chi connectivity index (χ3v) is 5.07. The first-order chi connectivity index (χ1) is 8.92. The molecule has 1 aromatic heterocycles. The normalized spacial score (nSPS) is 11.3. The number of hydrogen-bond donors (Lipinski definition) is 2. The van der Waals surface area contributed by atoms with Crippen LogP contribution in [0.15, 0.2) is 28.6 Å². The zero-order valence-corrected chi connectivity index (χ0v) is 12.0. The van der Waals surface area contributed by atoms with Gasteiger partial charge in [-0.1, -0.05) is 0 Å². The van der Waals surface area contributed by atoms with Gasteiger partial charge >= 0.3 is 0 Å². The van der Waals surface area contributed by atoms with Crippen LogP contribution in [0.25, 0.3) is 0 Å². The molecule has 0 aliphatic carbocycles. The highest BCUT2D eigenvalue weighted by Gasteiger charge is 2.19. The smallest absolute Gasteiger partial charge is 0.273 e. The first-order valence-electron chi connectivity index (χ1n) is 5.31. The fraction of sp³-hybridized carbons (Fsp3) is 0.182. The molecule has 102 valence electrons. The number of sulfonamides is 1. The van der Waals surface area contributed by atoms with E-state index >= 15 is 0 Å². The molecule has 1 heterocycles. The summed E-state index contributed by atoms with van der Waals surface area (Å²) in [6, 6.07) is 4.74. The number of aromatic nitrogens is 1. The molecule has 0 spiro atoms. The molecular formula is C11H13N3O3S2. The highest BCUT2D eigenvalue weighted by Crippen LogP contribution is 2.29. The minimum absolute atomic E-state index is 0.148. The molecule has 3 N–H and O–H groups in total. The molecule has 6 nitrogen and oxygen atoms in total. The van der Waals surface area contributed by atoms with E-state index in [0.29, 0.717) is 22.1 Å². The fourth-order valence-corrected chi connectivity index (χ4v) is 3.64. The van der Waals surface area contributed by atoms with Crippen molar-refractivity contribution in [3.05, 3.63) is 29.4 Å². The molecule has 1 aromatic carbocycles. The molecule has 2 rings (SSSR count). The quantitative estimate of drug-likeness (QED) is 0.840. The lowest BCUT2D eigenvalue weighted by molar-refractivity contribution is 0.417. The summed E-state index contributed by atoms with van der Waals surface area (Å²) in [6.07, 6.45) is 1.32. The summed E-state index contributed by atoms with van der Waals surface area (Å²) in [5.41, 5.74) is 6.39. The van der Waals surface area contributed by atoms with Crippen LogP contribution >= 0.6 is 11.3 Å². The van der Waals surface area contributed by atoms with Gasteiger partial charge in [-0.3, -0.25) is 4.72 Å². The van der Waals surface area contributed by atoms with Gasteiger partial charge in [0.05, 0.1) is 24.0 Å². The molecule has 0 saturated heterocycles. The van der Waals surface area contributed by atoms with Crippen molar-refractivity contribution in [3.63, 3.8) is 0 Å². The number of nitrogens with two attached hydrogens (primary N) is 1. The molecule has 0 amide bonds. The van der Waals surface area contributed by atoms with Gasteiger partial charge in [0.15, 0.2) is 4.21 Å². The van der Waals surface area contributed by atoms with Crippen LogP contribution in [0, 0.1) is 6.92 Å². The van der Waals surface area contributed by atoms with Gasteiger partial charge in [0.25, 0.3) is 10.0 Å². The Kier molecular flexibility index (Phi) is 3.63. The molecule has 0 saturated carbocycles. The summed E-state index contributed by atoms with van der Waals surface area (Å²) < 4.78 is 32.0. The van der Waals surface area contributed by atoms with E-state index in [1.165, 1.54) is 19.4 Å². The van der Waals surface area contributed by atoms with Crippen molar-refractivity contribution < 1.29 is 13.2 Å². The number of methoxy groups -OCH3 is 1. The summed E-state index contributed by atoms with van der Waals surface area (Å²) in [6.45, 7) is 1.74. The predicted molar refractivity (Wildman–Crippen MR) is 75.1 cm³/mol. The van der Waals surface area contributed by atoms with E-state index in [2.05, 4.69) is 9.71 Å². The molecule has 0 radical (unpaired) electrons. The molecule has 2 aromatic rings. The van der Waals surface area contributed by atoms with Gasteiger partial charge < -0.3 is 10.5 Å². The Labute approximate surface area is 115 Å². The fourth-order valence-electron chi connectivity index (χ4n) is 1.47. The van der Waals surface area contributed by atoms with E-state index in [0.717, 1.165) is 11.3 Å². The average Bonchev–Trinajstić information content (AvgIpc) is 2.76. The van der Waals surface area contributed by atoms with Gasteiger partial charge in [-0.25, -0.2) is 13.4 Å². The van der Waals surface area contributed by atoms with Crippen LogP contribution in [0.2, 0.25) is 0 Å². The van der Waals surface area contributed by atoms with E-state index in [9.17, 15) is 8.42 Å². The van der Waals surface area contributed by atoms with Crippen molar-refractivity contribution in [3.8, 4) is 5.75 Å². The minimum atomic E-state index is -3.67. The Hall–Kier alpha value is -1.80. The lowest BCUT2D eigenvalue weighted by atomic mass is 10.2. The molecule has 19 heavy (non-hydrogen) atoms. The van der Waals surface area contributed by atoms with Gasteiger partial charge in [-0.15, -0.1) is 11.3 Å². The topological polar surface area (TPSA) is 94.3 Å². The van der Waals surface area contributed by atoms with Crippen molar-refractivity contribution >= 4 is 32.7 Å². The Morgan fingerprint density at radius 3 is 2.74 bits per heavy atom. The Morgan fingerprint density at radius 1 is 1.42 bits per heavy atom. The van der Waals surface area contributed by atoms with Crippen LogP contribution < -0.4 is 15.2 Å². The SMILES string of the molecule is COc1ccc(N)cc1NS(=O)(=O)c1cnc(C)s1. The number of nitrogen functional groups attached to an aromatic ring is 1. The van der Waals surface area contributed by atoms with Gasteiger partial charge in [0.2, 0.25) is 0 Å². The highest BCUT2D eigenvalue weighted by atomic mass is 32.2. The maximum absolute atomic E-state index is 12.2. The lowest BCUT2D eigenvalue weighted by Crippen LogP contribution is -2.12. The number of benzene rings is 1. The summed E-state index contributed by atoms with van der Waals surface area (Å²) >= 11 is 1.10. The monoisotopic (exact) mass is 299 g/mol. The zero-order chi connectivity index (χ0) is 14.0. The number of hydrogen-bond acceptors (Lipinski definition) is 6. The molecule has 0 bridgehead atoms. The number of nitrogens with zero attached hydrogens (tertiary/aromatic N) is 1. The van der Waals surface area contributed by atoms with Crippen molar-refractivity contribution in [1.29, 1.82) is 0 Å². The third-order valence-electron chi connectivity index (χ3n) is 2.33. The van der Waals surface area contributed by atoms with Crippen molar-refractivity contribution in [1.82, 2.24) is 4.98 Å². The zero-order valence-electron chi connectivity index (χ0n) is 10.4. The highest BCUT2D eigenvalue weighted by molar-refractivity contribution is 7.94. The number of nitrogens with one attached hydrogen (secondary N) is 1. The van der Waals surface area contributed by atoms with Crippen LogP contribution in [-0.4, -0.2) is 20.5 Å². The summed E-state index contributed by atoms with van der Waals surface area (Å²) in [7, 11) is -2.21. The number of anilines is 2. The second-order valence-corrected chi connectivity index (χ2v) is 6.91. The first-order valence-corrected chi connectivity index (χ1v) is 7.61. The number of ether oxygens (including phenoxy) is 1. The van der Waals surface area contributed by atoms with Crippen LogP contribution in [0.4, 0.5) is 11.4 Å². The van der Waals surface area contributed by atoms with Gasteiger partial charge in [-0.05, 0) is 25.1 Å². The Morgan fingerprint density at radius 2 is 2.16 bits per heavy atom. The second kappa shape index (κ2) is 5.06. The summed E-state index contributed by atoms with van der Waals surface area (Å²) in [5.74, 6) is 0.402. The van der Waals surface area contributed by atoms with E-state index in [1.54, 1.807) is 19.1 Å². The summed E-state index contributed by atoms with van der Waals surface area (Å²) in [5, 5.41) is 0.680. The first kappa shape index (κ1) is 13.6. The number of aryl methyl sites for hydroxylation is 1. The van der Waals surface area contributed by atoms with Crippen LogP contribution in [0.5, 0.6) is 5.75 Å². The van der Waals surface area contributed by atoms with E-state index in [1.807, 2.05) is 0 Å². The molecule has 8 heteroatoms. The number of thiazole rings is 1. The van der Waals surface area contributed by atoms with Gasteiger partial charge in [0.1, 0.15) is 5.75 Å².